The molecule has 0 bridgehead atoms. The van der Waals surface area contributed by atoms with E-state index in [4.69, 9.17) is 5.73 Å². The van der Waals surface area contributed by atoms with Crippen LogP contribution in [-0.2, 0) is 6.18 Å². The van der Waals surface area contributed by atoms with Crippen molar-refractivity contribution >= 4 is 0 Å². The zero-order valence-corrected chi connectivity index (χ0v) is 16.4. The fraction of sp³-hybridized carbons (Fsp3) is 0.409. The molecule has 0 aromatic heterocycles. The lowest BCUT2D eigenvalue weighted by Crippen LogP contribution is -2.47. The summed E-state index contributed by atoms with van der Waals surface area (Å²) in [6.45, 7) is 3.69. The highest BCUT2D eigenvalue weighted by Crippen LogP contribution is 2.53. The maximum Gasteiger partial charge on any atom is 0.416 e. The molecule has 8 heteroatoms. The van der Waals surface area contributed by atoms with Gasteiger partial charge in [0.2, 0.25) is 5.41 Å². The smallest absolute Gasteiger partial charge is 0.399 e. The van der Waals surface area contributed by atoms with Crippen LogP contribution in [-0.4, -0.2) is 24.5 Å². The van der Waals surface area contributed by atoms with E-state index in [1.807, 2.05) is 25.1 Å². The van der Waals surface area contributed by atoms with E-state index >= 15 is 0 Å². The summed E-state index contributed by atoms with van der Waals surface area (Å²) in [5, 5.41) is 29.5. The molecule has 5 nitrogen and oxygen atoms in total. The van der Waals surface area contributed by atoms with E-state index in [-0.39, 0.29) is 11.3 Å². The average molecular weight is 411 g/mol. The number of hydrogen-bond donors (Lipinski definition) is 1. The van der Waals surface area contributed by atoms with Crippen molar-refractivity contribution in [3.63, 3.8) is 0 Å². The van der Waals surface area contributed by atoms with Gasteiger partial charge in [0.15, 0.2) is 0 Å². The number of nitriles is 3. The number of rotatable bonds is 3. The minimum Gasteiger partial charge on any atom is -0.399 e. The number of fused-ring (bicyclic) bond motifs is 1. The van der Waals surface area contributed by atoms with Gasteiger partial charge >= 0.3 is 6.18 Å². The van der Waals surface area contributed by atoms with Crippen LogP contribution in [0.2, 0.25) is 0 Å². The number of allylic oxidation sites excluding steroid dienone is 2. The zero-order valence-electron chi connectivity index (χ0n) is 16.4. The Kier molecular flexibility index (Phi) is 5.61. The van der Waals surface area contributed by atoms with Gasteiger partial charge in [0.05, 0.1) is 35.0 Å². The van der Waals surface area contributed by atoms with Crippen molar-refractivity contribution in [1.82, 2.24) is 4.90 Å². The SMILES string of the molecule is CCCN1CC=C2[C@@H](C1)[C@H](c1cccc(C(F)(F)F)c1)C(C#N)=C(N)C2(C#N)C#N. The highest BCUT2D eigenvalue weighted by atomic mass is 19.4. The number of nitrogens with two attached hydrogens (primary N) is 1. The second-order valence-corrected chi connectivity index (χ2v) is 7.54. The van der Waals surface area contributed by atoms with E-state index in [9.17, 15) is 29.0 Å². The van der Waals surface area contributed by atoms with Crippen LogP contribution in [0, 0.1) is 45.3 Å². The first-order valence-corrected chi connectivity index (χ1v) is 9.56. The van der Waals surface area contributed by atoms with Gasteiger partial charge in [-0.25, -0.2) is 0 Å². The number of hydrogen-bond acceptors (Lipinski definition) is 5. The van der Waals surface area contributed by atoms with Gasteiger partial charge in [0.25, 0.3) is 0 Å². The molecular formula is C22H20F3N5. The minimum atomic E-state index is -4.53. The molecule has 30 heavy (non-hydrogen) atoms. The molecule has 0 amide bonds. The molecule has 2 N–H and O–H groups in total. The first-order chi connectivity index (χ1) is 14.2. The highest BCUT2D eigenvalue weighted by Gasteiger charge is 2.52. The Morgan fingerprint density at radius 3 is 2.50 bits per heavy atom. The fourth-order valence-electron chi connectivity index (χ4n) is 4.48. The zero-order chi connectivity index (χ0) is 22.1. The lowest BCUT2D eigenvalue weighted by atomic mass is 9.60. The minimum absolute atomic E-state index is 0.0158. The standard InChI is InChI=1S/C22H20F3N5/c1-2-7-30-8-6-18-17(11-30)19(14-4-3-5-15(9-14)22(23,24)25)16(10-26)20(29)21(18,12-27)13-28/h3-6,9,17,19H,2,7-8,11,29H2,1H3/t17-,19-/m1/s1. The highest BCUT2D eigenvalue weighted by molar-refractivity contribution is 5.58. The molecule has 1 heterocycles. The van der Waals surface area contributed by atoms with Gasteiger partial charge in [0.1, 0.15) is 0 Å². The van der Waals surface area contributed by atoms with Gasteiger partial charge in [-0.05, 0) is 30.2 Å². The summed E-state index contributed by atoms with van der Waals surface area (Å²) >= 11 is 0. The third-order valence-corrected chi connectivity index (χ3v) is 5.83. The van der Waals surface area contributed by atoms with Crippen LogP contribution in [0.1, 0.15) is 30.4 Å². The third-order valence-electron chi connectivity index (χ3n) is 5.83. The van der Waals surface area contributed by atoms with Crippen molar-refractivity contribution < 1.29 is 13.2 Å². The van der Waals surface area contributed by atoms with Crippen molar-refractivity contribution in [2.24, 2.45) is 17.1 Å². The molecule has 1 aliphatic heterocycles. The number of nitrogens with zero attached hydrogens (tertiary/aromatic N) is 4. The Morgan fingerprint density at radius 2 is 1.93 bits per heavy atom. The van der Waals surface area contributed by atoms with Gasteiger partial charge in [-0.15, -0.1) is 0 Å². The van der Waals surface area contributed by atoms with Crippen LogP contribution in [0.25, 0.3) is 0 Å². The van der Waals surface area contributed by atoms with Crippen molar-refractivity contribution in [3.8, 4) is 18.2 Å². The Labute approximate surface area is 173 Å². The Hall–Kier alpha value is -3.28. The van der Waals surface area contributed by atoms with Crippen molar-refractivity contribution in [1.29, 1.82) is 15.8 Å². The maximum absolute atomic E-state index is 13.3. The first kappa shape index (κ1) is 21.4. The van der Waals surface area contributed by atoms with Crippen LogP contribution in [0.15, 0.2) is 47.2 Å². The van der Waals surface area contributed by atoms with Crippen LogP contribution >= 0.6 is 0 Å². The van der Waals surface area contributed by atoms with E-state index in [1.165, 1.54) is 12.1 Å². The maximum atomic E-state index is 13.3. The van der Waals surface area contributed by atoms with Crippen LogP contribution in [0.4, 0.5) is 13.2 Å². The molecule has 1 aromatic rings. The number of halogens is 3. The average Bonchev–Trinajstić information content (AvgIpc) is 2.73. The summed E-state index contributed by atoms with van der Waals surface area (Å²) in [6, 6.07) is 10.8. The molecule has 0 saturated heterocycles. The summed E-state index contributed by atoms with van der Waals surface area (Å²) < 4.78 is 39.9. The van der Waals surface area contributed by atoms with Gasteiger partial charge < -0.3 is 5.73 Å². The van der Waals surface area contributed by atoms with Crippen molar-refractivity contribution in [2.45, 2.75) is 25.4 Å². The molecule has 3 rings (SSSR count). The molecule has 154 valence electrons. The molecule has 1 aromatic carbocycles. The monoisotopic (exact) mass is 411 g/mol. The van der Waals surface area contributed by atoms with Gasteiger partial charge in [-0.2, -0.15) is 29.0 Å². The lowest BCUT2D eigenvalue weighted by Gasteiger charge is -2.45. The van der Waals surface area contributed by atoms with Crippen LogP contribution in [0.3, 0.4) is 0 Å². The summed E-state index contributed by atoms with van der Waals surface area (Å²) in [4.78, 5) is 2.10. The Morgan fingerprint density at radius 1 is 1.23 bits per heavy atom. The topological polar surface area (TPSA) is 101 Å². The predicted octanol–water partition coefficient (Wildman–Crippen LogP) is 3.84. The largest absolute Gasteiger partial charge is 0.416 e. The molecule has 0 spiro atoms. The molecule has 1 aliphatic carbocycles. The predicted molar refractivity (Wildman–Crippen MR) is 103 cm³/mol. The molecule has 2 aliphatic rings. The van der Waals surface area contributed by atoms with Gasteiger partial charge in [-0.1, -0.05) is 31.2 Å². The van der Waals surface area contributed by atoms with E-state index in [2.05, 4.69) is 4.90 Å². The first-order valence-electron chi connectivity index (χ1n) is 9.56. The van der Waals surface area contributed by atoms with E-state index < -0.39 is 29.0 Å². The fourth-order valence-corrected chi connectivity index (χ4v) is 4.48. The Bertz CT molecular complexity index is 1020. The summed E-state index contributed by atoms with van der Waals surface area (Å²) in [6.07, 6.45) is -1.89. The van der Waals surface area contributed by atoms with E-state index in [0.717, 1.165) is 25.1 Å². The second-order valence-electron chi connectivity index (χ2n) is 7.54. The molecule has 0 unspecified atom stereocenters. The molecular weight excluding hydrogens is 391 g/mol. The van der Waals surface area contributed by atoms with Crippen LogP contribution < -0.4 is 5.73 Å². The molecule has 0 radical (unpaired) electrons. The molecule has 0 saturated carbocycles. The third kappa shape index (κ3) is 3.32. The number of alkyl halides is 3. The summed E-state index contributed by atoms with van der Waals surface area (Å²) in [5.74, 6) is -1.27. The molecule has 2 atom stereocenters. The van der Waals surface area contributed by atoms with Crippen molar-refractivity contribution in [3.05, 3.63) is 58.3 Å². The van der Waals surface area contributed by atoms with Crippen molar-refractivity contribution in [2.75, 3.05) is 19.6 Å². The summed E-state index contributed by atoms with van der Waals surface area (Å²) in [5.41, 5.74) is 4.13. The van der Waals surface area contributed by atoms with E-state index in [1.54, 1.807) is 6.08 Å². The van der Waals surface area contributed by atoms with Crippen LogP contribution in [0.5, 0.6) is 0 Å². The van der Waals surface area contributed by atoms with Gasteiger partial charge in [-0.3, -0.25) is 4.90 Å². The molecule has 0 fully saturated rings. The quantitative estimate of drug-likeness (QED) is 0.762. The normalized spacial score (nSPS) is 23.6. The lowest BCUT2D eigenvalue weighted by molar-refractivity contribution is -0.137. The number of benzene rings is 1. The Balaban J connectivity index is 2.26. The van der Waals surface area contributed by atoms with Gasteiger partial charge in [0, 0.05) is 24.9 Å². The second kappa shape index (κ2) is 7.86. The van der Waals surface area contributed by atoms with E-state index in [0.29, 0.717) is 24.2 Å². The summed E-state index contributed by atoms with van der Waals surface area (Å²) in [7, 11) is 0.